The second-order valence-corrected chi connectivity index (χ2v) is 1.51. The Balaban J connectivity index is 2.67. The minimum absolute atomic E-state index is 0.451. The van der Waals surface area contributed by atoms with Crippen molar-refractivity contribution < 1.29 is 0 Å². The molecule has 1 aromatic heterocycles. The molecule has 2 nitrogen and oxygen atoms in total. The van der Waals surface area contributed by atoms with Gasteiger partial charge in [-0.3, -0.25) is 0 Å². The molecule has 0 aliphatic carbocycles. The summed E-state index contributed by atoms with van der Waals surface area (Å²) in [6.07, 6.45) is 3.73. The highest BCUT2D eigenvalue weighted by molar-refractivity contribution is 4.92. The summed E-state index contributed by atoms with van der Waals surface area (Å²) in [6, 6.07) is 5.83. The molecule has 40 valence electrons. The van der Waals surface area contributed by atoms with Crippen LogP contribution < -0.4 is 0 Å². The first-order valence-corrected chi connectivity index (χ1v) is 2.41. The van der Waals surface area contributed by atoms with Gasteiger partial charge in [-0.1, -0.05) is 0 Å². The van der Waals surface area contributed by atoms with Crippen molar-refractivity contribution in [1.29, 1.82) is 5.26 Å². The van der Waals surface area contributed by atoms with Crippen LogP contribution in [0.3, 0.4) is 0 Å². The first-order chi connectivity index (χ1) is 3.93. The summed E-state index contributed by atoms with van der Waals surface area (Å²) in [5.74, 6) is 0. The summed E-state index contributed by atoms with van der Waals surface area (Å²) >= 11 is 0. The van der Waals surface area contributed by atoms with E-state index in [2.05, 4.69) is 0 Å². The molecule has 0 fully saturated rings. The van der Waals surface area contributed by atoms with Crippen LogP contribution in [0, 0.1) is 11.3 Å². The summed E-state index contributed by atoms with van der Waals surface area (Å²) < 4.78 is 1.82. The van der Waals surface area contributed by atoms with E-state index in [9.17, 15) is 0 Å². The molecule has 0 saturated carbocycles. The molecule has 1 aromatic rings. The Morgan fingerprint density at radius 2 is 2.00 bits per heavy atom. The quantitative estimate of drug-likeness (QED) is 0.525. The molecule has 8 heavy (non-hydrogen) atoms. The van der Waals surface area contributed by atoms with Crippen LogP contribution in [0.25, 0.3) is 0 Å². The summed E-state index contributed by atoms with van der Waals surface area (Å²) in [5.41, 5.74) is 0. The first-order valence-electron chi connectivity index (χ1n) is 2.41. The molecule has 0 atom stereocenters. The Bertz CT molecular complexity index is 181. The maximum Gasteiger partial charge on any atom is 0.109 e. The van der Waals surface area contributed by atoms with Gasteiger partial charge < -0.3 is 4.57 Å². The molecule has 0 amide bonds. The van der Waals surface area contributed by atoms with Gasteiger partial charge in [0, 0.05) is 12.4 Å². The Morgan fingerprint density at radius 3 is 2.50 bits per heavy atom. The van der Waals surface area contributed by atoms with Crippen LogP contribution in [-0.2, 0) is 6.54 Å². The van der Waals surface area contributed by atoms with E-state index in [-0.39, 0.29) is 0 Å². The molecule has 0 aliphatic heterocycles. The maximum absolute atomic E-state index is 8.17. The molecule has 0 aliphatic rings. The van der Waals surface area contributed by atoms with E-state index in [4.69, 9.17) is 5.26 Å². The summed E-state index contributed by atoms with van der Waals surface area (Å²) in [7, 11) is 0. The fourth-order valence-electron chi connectivity index (χ4n) is 0.557. The van der Waals surface area contributed by atoms with Crippen LogP contribution >= 0.6 is 0 Å². The molecule has 1 rings (SSSR count). The van der Waals surface area contributed by atoms with Gasteiger partial charge in [0.2, 0.25) is 0 Å². The van der Waals surface area contributed by atoms with E-state index < -0.39 is 0 Å². The highest BCUT2D eigenvalue weighted by Gasteiger charge is 1.80. The van der Waals surface area contributed by atoms with Crippen molar-refractivity contribution in [3.63, 3.8) is 0 Å². The van der Waals surface area contributed by atoms with Crippen molar-refractivity contribution in [2.24, 2.45) is 0 Å². The Kier molecular flexibility index (Phi) is 1.34. The topological polar surface area (TPSA) is 28.7 Å². The highest BCUT2D eigenvalue weighted by Crippen LogP contribution is 1.86. The zero-order valence-electron chi connectivity index (χ0n) is 4.41. The van der Waals surface area contributed by atoms with Crippen molar-refractivity contribution in [2.75, 3.05) is 0 Å². The van der Waals surface area contributed by atoms with Crippen LogP contribution in [0.4, 0.5) is 0 Å². The average Bonchev–Trinajstić information content (AvgIpc) is 2.19. The molecule has 0 radical (unpaired) electrons. The van der Waals surface area contributed by atoms with Crippen LogP contribution in [-0.4, -0.2) is 4.57 Å². The SMILES string of the molecule is N#CCn1cccc1. The minimum atomic E-state index is 0.451. The number of hydrogen-bond acceptors (Lipinski definition) is 1. The van der Waals surface area contributed by atoms with Gasteiger partial charge in [-0.25, -0.2) is 0 Å². The Hall–Kier alpha value is -1.23. The van der Waals surface area contributed by atoms with Crippen LogP contribution in [0.2, 0.25) is 0 Å². The third-order valence-corrected chi connectivity index (χ3v) is 0.919. The Labute approximate surface area is 48.0 Å². The van der Waals surface area contributed by atoms with Gasteiger partial charge in [-0.2, -0.15) is 5.26 Å². The standard InChI is InChI=1S/C6H6N2/c7-3-6-8-4-1-2-5-8/h1-2,4-5H,6H2. The van der Waals surface area contributed by atoms with Gasteiger partial charge >= 0.3 is 0 Å². The summed E-state index contributed by atoms with van der Waals surface area (Å²) in [6.45, 7) is 0.451. The van der Waals surface area contributed by atoms with Gasteiger partial charge in [0.05, 0.1) is 6.07 Å². The lowest BCUT2D eigenvalue weighted by Gasteiger charge is -1.87. The summed E-state index contributed by atoms with van der Waals surface area (Å²) in [5, 5.41) is 8.17. The zero-order valence-corrected chi connectivity index (χ0v) is 4.41. The van der Waals surface area contributed by atoms with E-state index in [0.29, 0.717) is 6.54 Å². The molecule has 0 N–H and O–H groups in total. The van der Waals surface area contributed by atoms with E-state index in [1.54, 1.807) is 0 Å². The van der Waals surface area contributed by atoms with Crippen molar-refractivity contribution >= 4 is 0 Å². The minimum Gasteiger partial charge on any atom is -0.341 e. The second-order valence-electron chi connectivity index (χ2n) is 1.51. The van der Waals surface area contributed by atoms with Crippen molar-refractivity contribution in [1.82, 2.24) is 4.57 Å². The third kappa shape index (κ3) is 0.881. The number of hydrogen-bond donors (Lipinski definition) is 0. The monoisotopic (exact) mass is 106 g/mol. The highest BCUT2D eigenvalue weighted by atomic mass is 14.9. The van der Waals surface area contributed by atoms with E-state index in [1.165, 1.54) is 0 Å². The van der Waals surface area contributed by atoms with Gasteiger partial charge in [0.1, 0.15) is 6.54 Å². The predicted octanol–water partition coefficient (Wildman–Crippen LogP) is 1.01. The number of aromatic nitrogens is 1. The maximum atomic E-state index is 8.17. The zero-order chi connectivity index (χ0) is 5.82. The lowest BCUT2D eigenvalue weighted by Crippen LogP contribution is -1.87. The fourth-order valence-corrected chi connectivity index (χ4v) is 0.557. The molecular weight excluding hydrogens is 100 g/mol. The fraction of sp³-hybridized carbons (Fsp3) is 0.167. The van der Waals surface area contributed by atoms with Crippen molar-refractivity contribution in [3.8, 4) is 6.07 Å². The molecular formula is C6H6N2. The molecule has 0 spiro atoms. The molecule has 0 bridgehead atoms. The van der Waals surface area contributed by atoms with Gasteiger partial charge in [0.15, 0.2) is 0 Å². The number of nitriles is 1. The second kappa shape index (κ2) is 2.17. The van der Waals surface area contributed by atoms with Gasteiger partial charge in [-0.15, -0.1) is 0 Å². The van der Waals surface area contributed by atoms with Crippen LogP contribution in [0.15, 0.2) is 24.5 Å². The largest absolute Gasteiger partial charge is 0.341 e. The number of rotatable bonds is 1. The van der Waals surface area contributed by atoms with Gasteiger partial charge in [0.25, 0.3) is 0 Å². The van der Waals surface area contributed by atoms with E-state index >= 15 is 0 Å². The first kappa shape index (κ1) is 4.92. The molecule has 0 saturated heterocycles. The van der Waals surface area contributed by atoms with E-state index in [0.717, 1.165) is 0 Å². The van der Waals surface area contributed by atoms with E-state index in [1.807, 2.05) is 35.2 Å². The van der Waals surface area contributed by atoms with Crippen LogP contribution in [0.1, 0.15) is 0 Å². The molecule has 1 heterocycles. The predicted molar refractivity (Wildman–Crippen MR) is 30.0 cm³/mol. The van der Waals surface area contributed by atoms with Crippen molar-refractivity contribution in [3.05, 3.63) is 24.5 Å². The number of nitrogens with zero attached hydrogens (tertiary/aromatic N) is 2. The van der Waals surface area contributed by atoms with Gasteiger partial charge in [-0.05, 0) is 12.1 Å². The average molecular weight is 106 g/mol. The summed E-state index contributed by atoms with van der Waals surface area (Å²) in [4.78, 5) is 0. The molecule has 0 unspecified atom stereocenters. The Morgan fingerprint density at radius 1 is 1.38 bits per heavy atom. The lowest BCUT2D eigenvalue weighted by molar-refractivity contribution is 0.841. The van der Waals surface area contributed by atoms with Crippen molar-refractivity contribution in [2.45, 2.75) is 6.54 Å². The normalized spacial score (nSPS) is 8.38. The lowest BCUT2D eigenvalue weighted by atomic mass is 10.7. The third-order valence-electron chi connectivity index (χ3n) is 0.919. The smallest absolute Gasteiger partial charge is 0.109 e. The molecule has 2 heteroatoms. The molecule has 0 aromatic carbocycles. The van der Waals surface area contributed by atoms with Crippen LogP contribution in [0.5, 0.6) is 0 Å².